The van der Waals surface area contributed by atoms with Gasteiger partial charge in [0.2, 0.25) is 11.8 Å². The Morgan fingerprint density at radius 3 is 2.76 bits per heavy atom. The second-order valence-electron chi connectivity index (χ2n) is 8.32. The number of ether oxygens (including phenoxy) is 1. The summed E-state index contributed by atoms with van der Waals surface area (Å²) in [6.07, 6.45) is 5.81. The number of pyridine rings is 1. The Hall–Kier alpha value is -3.86. The zero-order valence-corrected chi connectivity index (χ0v) is 18.7. The van der Waals surface area contributed by atoms with E-state index < -0.39 is 5.92 Å². The van der Waals surface area contributed by atoms with Crippen molar-refractivity contribution < 1.29 is 14.3 Å². The summed E-state index contributed by atoms with van der Waals surface area (Å²) in [4.78, 5) is 35.1. The van der Waals surface area contributed by atoms with Crippen LogP contribution in [0.15, 0.2) is 30.7 Å². The molecule has 0 saturated carbocycles. The molecule has 1 amide bonds. The highest BCUT2D eigenvalue weighted by Gasteiger charge is 2.43. The third-order valence-corrected chi connectivity index (χ3v) is 5.89. The molecule has 4 aromatic heterocycles. The van der Waals surface area contributed by atoms with Crippen LogP contribution in [0.25, 0.3) is 11.3 Å². The van der Waals surface area contributed by atoms with Crippen molar-refractivity contribution in [3.05, 3.63) is 52.7 Å². The zero-order chi connectivity index (χ0) is 23.3. The summed E-state index contributed by atoms with van der Waals surface area (Å²) >= 11 is 6.08. The van der Waals surface area contributed by atoms with Gasteiger partial charge < -0.3 is 10.1 Å². The highest BCUT2D eigenvalue weighted by atomic mass is 35.5. The van der Waals surface area contributed by atoms with Crippen molar-refractivity contribution in [3.8, 4) is 11.6 Å². The van der Waals surface area contributed by atoms with Crippen molar-refractivity contribution in [2.24, 2.45) is 0 Å². The number of hydrogen-bond acceptors (Lipinski definition) is 8. The topological polar surface area (TPSA) is 129 Å². The maximum Gasteiger partial charge on any atom is 0.244 e. The van der Waals surface area contributed by atoms with E-state index in [1.807, 2.05) is 13.8 Å². The average molecular weight is 467 g/mol. The number of aromatic nitrogens is 7. The van der Waals surface area contributed by atoms with Gasteiger partial charge in [0.05, 0.1) is 36.7 Å². The Balaban J connectivity index is 1.51. The Kier molecular flexibility index (Phi) is 4.85. The van der Waals surface area contributed by atoms with E-state index in [9.17, 15) is 9.59 Å². The van der Waals surface area contributed by atoms with Gasteiger partial charge in [-0.05, 0) is 12.5 Å². The standard InChI is InChI=1S/C21H19ClN8O3/c1-21(2)8-12(13-9-23-16-7-14(22)28-29(16)18(13)21)19(32)26-15-6-11(10-31)17(20(27-15)33-3)30-24-4-5-25-30/h4-7,9-10,12H,8H2,1-3H3,(H,26,27,32). The molecule has 0 fully saturated rings. The first-order valence-electron chi connectivity index (χ1n) is 10.1. The van der Waals surface area contributed by atoms with E-state index >= 15 is 0 Å². The van der Waals surface area contributed by atoms with Gasteiger partial charge in [-0.25, -0.2) is 9.50 Å². The van der Waals surface area contributed by atoms with Gasteiger partial charge in [-0.1, -0.05) is 25.4 Å². The monoisotopic (exact) mass is 466 g/mol. The minimum atomic E-state index is -0.491. The predicted octanol–water partition coefficient (Wildman–Crippen LogP) is 2.58. The van der Waals surface area contributed by atoms with Crippen LogP contribution in [0, 0.1) is 0 Å². The number of fused-ring (bicyclic) bond motifs is 3. The van der Waals surface area contributed by atoms with E-state index in [0.29, 0.717) is 23.5 Å². The van der Waals surface area contributed by atoms with E-state index in [-0.39, 0.29) is 34.3 Å². The highest BCUT2D eigenvalue weighted by Crippen LogP contribution is 2.46. The maximum absolute atomic E-state index is 13.3. The Morgan fingerprint density at radius 2 is 2.06 bits per heavy atom. The molecule has 1 N–H and O–H groups in total. The Morgan fingerprint density at radius 1 is 1.30 bits per heavy atom. The van der Waals surface area contributed by atoms with E-state index in [2.05, 4.69) is 30.6 Å². The molecule has 0 radical (unpaired) electrons. The van der Waals surface area contributed by atoms with Crippen LogP contribution in [0.2, 0.25) is 5.15 Å². The fourth-order valence-corrected chi connectivity index (χ4v) is 4.55. The fraction of sp³-hybridized carbons (Fsp3) is 0.286. The predicted molar refractivity (Wildman–Crippen MR) is 118 cm³/mol. The molecule has 5 rings (SSSR count). The van der Waals surface area contributed by atoms with Crippen LogP contribution in [-0.4, -0.2) is 53.9 Å². The van der Waals surface area contributed by atoms with Crippen LogP contribution in [0.1, 0.15) is 47.8 Å². The molecule has 1 aliphatic carbocycles. The summed E-state index contributed by atoms with van der Waals surface area (Å²) in [5, 5.41) is 15.6. The molecule has 1 aliphatic rings. The molecule has 168 valence electrons. The number of carbonyl (C=O) groups excluding carboxylic acids is 2. The summed E-state index contributed by atoms with van der Waals surface area (Å²) in [5.74, 6) is -0.488. The molecule has 33 heavy (non-hydrogen) atoms. The van der Waals surface area contributed by atoms with Crippen molar-refractivity contribution in [1.82, 2.24) is 34.6 Å². The number of nitrogens with zero attached hydrogens (tertiary/aromatic N) is 7. The van der Waals surface area contributed by atoms with Gasteiger partial charge in [-0.2, -0.15) is 20.3 Å². The fourth-order valence-electron chi connectivity index (χ4n) is 4.38. The lowest BCUT2D eigenvalue weighted by Crippen LogP contribution is -2.22. The van der Waals surface area contributed by atoms with Gasteiger partial charge in [-0.15, -0.1) is 4.80 Å². The number of carbonyl (C=O) groups is 2. The summed E-state index contributed by atoms with van der Waals surface area (Å²) in [6.45, 7) is 4.09. The van der Waals surface area contributed by atoms with Crippen molar-refractivity contribution in [3.63, 3.8) is 0 Å². The maximum atomic E-state index is 13.3. The van der Waals surface area contributed by atoms with Crippen LogP contribution in [0.3, 0.4) is 0 Å². The first-order chi connectivity index (χ1) is 15.8. The number of halogens is 1. The van der Waals surface area contributed by atoms with Crippen LogP contribution >= 0.6 is 11.6 Å². The van der Waals surface area contributed by atoms with Gasteiger partial charge in [0.25, 0.3) is 0 Å². The third-order valence-electron chi connectivity index (χ3n) is 5.71. The number of hydrogen-bond donors (Lipinski definition) is 1. The molecular weight excluding hydrogens is 448 g/mol. The number of aldehydes is 1. The summed E-state index contributed by atoms with van der Waals surface area (Å²) in [7, 11) is 1.41. The van der Waals surface area contributed by atoms with Gasteiger partial charge in [0.1, 0.15) is 5.82 Å². The second-order valence-corrected chi connectivity index (χ2v) is 8.71. The lowest BCUT2D eigenvalue weighted by molar-refractivity contribution is -0.117. The number of methoxy groups -OCH3 is 1. The van der Waals surface area contributed by atoms with Crippen LogP contribution in [0.4, 0.5) is 5.82 Å². The molecule has 0 aliphatic heterocycles. The van der Waals surface area contributed by atoms with Gasteiger partial charge in [0, 0.05) is 23.2 Å². The van der Waals surface area contributed by atoms with Crippen LogP contribution in [-0.2, 0) is 10.2 Å². The lowest BCUT2D eigenvalue weighted by atomic mass is 9.88. The minimum Gasteiger partial charge on any atom is -0.479 e. The Bertz CT molecular complexity index is 1400. The van der Waals surface area contributed by atoms with Crippen molar-refractivity contribution in [1.29, 1.82) is 0 Å². The van der Waals surface area contributed by atoms with Crippen molar-refractivity contribution in [2.45, 2.75) is 31.6 Å². The number of anilines is 1. The molecule has 12 heteroatoms. The molecule has 1 atom stereocenters. The quantitative estimate of drug-likeness (QED) is 0.444. The number of rotatable bonds is 5. The molecule has 0 spiro atoms. The van der Waals surface area contributed by atoms with Gasteiger partial charge in [-0.3, -0.25) is 9.59 Å². The SMILES string of the molecule is COc1nc(NC(=O)C2CC(C)(C)c3c2cnc2cc(Cl)nn32)cc(C=O)c1-n1nccn1. The summed E-state index contributed by atoms with van der Waals surface area (Å²) in [5.41, 5.74) is 2.43. The molecular formula is C21H19ClN8O3. The smallest absolute Gasteiger partial charge is 0.244 e. The lowest BCUT2D eigenvalue weighted by Gasteiger charge is -2.19. The first-order valence-corrected chi connectivity index (χ1v) is 10.5. The van der Waals surface area contributed by atoms with E-state index in [1.165, 1.54) is 30.4 Å². The molecule has 0 saturated heterocycles. The molecule has 1 unspecified atom stereocenters. The molecule has 11 nitrogen and oxygen atoms in total. The normalized spacial score (nSPS) is 16.5. The molecule has 0 bridgehead atoms. The van der Waals surface area contributed by atoms with Crippen LogP contribution in [0.5, 0.6) is 5.88 Å². The number of amides is 1. The Labute approximate surface area is 192 Å². The second kappa shape index (κ2) is 7.62. The van der Waals surface area contributed by atoms with Gasteiger partial charge >= 0.3 is 0 Å². The van der Waals surface area contributed by atoms with E-state index in [0.717, 1.165) is 11.3 Å². The molecule has 0 aromatic carbocycles. The third kappa shape index (κ3) is 3.41. The largest absolute Gasteiger partial charge is 0.479 e. The summed E-state index contributed by atoms with van der Waals surface area (Å²) in [6, 6.07) is 3.14. The van der Waals surface area contributed by atoms with Crippen molar-refractivity contribution >= 4 is 35.3 Å². The van der Waals surface area contributed by atoms with Crippen molar-refractivity contribution in [2.75, 3.05) is 12.4 Å². The van der Waals surface area contributed by atoms with E-state index in [4.69, 9.17) is 16.3 Å². The van der Waals surface area contributed by atoms with Gasteiger partial charge in [0.15, 0.2) is 22.8 Å². The van der Waals surface area contributed by atoms with E-state index in [1.54, 1.807) is 16.8 Å². The highest BCUT2D eigenvalue weighted by molar-refractivity contribution is 6.29. The molecule has 4 aromatic rings. The minimum absolute atomic E-state index is 0.104. The van der Waals surface area contributed by atoms with Crippen LogP contribution < -0.4 is 10.1 Å². The zero-order valence-electron chi connectivity index (χ0n) is 18.0. The average Bonchev–Trinajstić information content (AvgIpc) is 3.50. The molecule has 4 heterocycles. The number of nitrogens with one attached hydrogen (secondary N) is 1. The first kappa shape index (κ1) is 21.0. The summed E-state index contributed by atoms with van der Waals surface area (Å²) < 4.78 is 7.04.